The number of imidazole rings is 1. The number of H-pyrrole nitrogens is 1. The highest BCUT2D eigenvalue weighted by Gasteiger charge is 2.59. The van der Waals surface area contributed by atoms with Crippen LogP contribution in [-0.2, 0) is 20.0 Å². The quantitative estimate of drug-likeness (QED) is 0.108. The fourth-order valence-electron chi connectivity index (χ4n) is 10.3. The Bertz CT molecular complexity index is 3290. The minimum atomic E-state index is -2.86. The van der Waals surface area contributed by atoms with Gasteiger partial charge in [-0.15, -0.1) is 0 Å². The summed E-state index contributed by atoms with van der Waals surface area (Å²) in [6.07, 6.45) is 5.30. The lowest BCUT2D eigenvalue weighted by Gasteiger charge is -2.37. The van der Waals surface area contributed by atoms with E-state index < -0.39 is 44.4 Å². The van der Waals surface area contributed by atoms with Gasteiger partial charge in [0, 0.05) is 66.9 Å². The van der Waals surface area contributed by atoms with Gasteiger partial charge in [0.15, 0.2) is 5.82 Å². The summed E-state index contributed by atoms with van der Waals surface area (Å²) in [5.41, 5.74) is 8.92. The molecule has 2 aliphatic heterocycles. The number of carbonyl (C=O) groups excluding carboxylic acids is 1. The number of aliphatic imine (C=N–C) groups is 1. The van der Waals surface area contributed by atoms with Crippen LogP contribution in [0.1, 0.15) is 99.2 Å². The summed E-state index contributed by atoms with van der Waals surface area (Å²) >= 11 is 0. The fraction of sp³-hybridized carbons (Fsp3) is 0.408. The van der Waals surface area contributed by atoms with Crippen molar-refractivity contribution in [2.75, 3.05) is 26.0 Å². The third kappa shape index (κ3) is 7.76. The Morgan fingerprint density at radius 2 is 1.76 bits per heavy atom. The number of nitrogens with one attached hydrogen (secondary N) is 1. The van der Waals surface area contributed by atoms with Gasteiger partial charge >= 0.3 is 11.4 Å². The molecule has 0 bridgehead atoms. The minimum Gasteiger partial charge on any atom is -0.402 e. The lowest BCUT2D eigenvalue weighted by atomic mass is 9.83. The fourth-order valence-corrected chi connectivity index (χ4v) is 11.6. The lowest BCUT2D eigenvalue weighted by Crippen LogP contribution is -2.49. The van der Waals surface area contributed by atoms with Crippen LogP contribution < -0.4 is 17.2 Å². The second kappa shape index (κ2) is 16.7. The summed E-state index contributed by atoms with van der Waals surface area (Å²) in [7, 11) is -1.44. The molecule has 5 heterocycles. The number of amides is 1. The van der Waals surface area contributed by atoms with Crippen LogP contribution in [0.2, 0.25) is 0 Å². The van der Waals surface area contributed by atoms with Gasteiger partial charge in [-0.25, -0.2) is 31.9 Å². The molecule has 1 saturated heterocycles. The van der Waals surface area contributed by atoms with Gasteiger partial charge in [-0.3, -0.25) is 23.4 Å². The van der Waals surface area contributed by atoms with Crippen LogP contribution >= 0.6 is 0 Å². The van der Waals surface area contributed by atoms with E-state index in [0.29, 0.717) is 52.6 Å². The van der Waals surface area contributed by atoms with E-state index in [1.54, 1.807) is 37.8 Å². The van der Waals surface area contributed by atoms with Crippen molar-refractivity contribution in [2.45, 2.75) is 102 Å². The summed E-state index contributed by atoms with van der Waals surface area (Å²) in [5.74, 6) is -1.47. The minimum absolute atomic E-state index is 0.0352. The van der Waals surface area contributed by atoms with Crippen molar-refractivity contribution >= 4 is 38.1 Å². The third-order valence-corrected chi connectivity index (χ3v) is 16.3. The number of hydrogen-bond donors (Lipinski definition) is 2. The lowest BCUT2D eigenvalue weighted by molar-refractivity contribution is -0.0592. The molecule has 5 atom stereocenters. The molecule has 3 N–H and O–H groups in total. The van der Waals surface area contributed by atoms with Gasteiger partial charge < -0.3 is 19.9 Å². The van der Waals surface area contributed by atoms with Crippen molar-refractivity contribution in [1.29, 1.82) is 0 Å². The van der Waals surface area contributed by atoms with Gasteiger partial charge in [0.05, 0.1) is 37.6 Å². The molecule has 18 heteroatoms. The van der Waals surface area contributed by atoms with Crippen LogP contribution in [0.4, 0.5) is 14.5 Å². The smallest absolute Gasteiger partial charge is 0.402 e. The first kappa shape index (κ1) is 45.7. The first-order chi connectivity index (χ1) is 31.8. The second-order valence-electron chi connectivity index (χ2n) is 18.7. The van der Waals surface area contributed by atoms with Crippen LogP contribution in [0.3, 0.4) is 0 Å². The number of aryl methyl sites for hydroxylation is 2. The van der Waals surface area contributed by atoms with Gasteiger partial charge in [-0.05, 0) is 131 Å². The average molecular weight is 936 g/mol. The molecule has 0 spiro atoms. The Balaban J connectivity index is 1.17. The van der Waals surface area contributed by atoms with E-state index >= 15 is 9.18 Å². The highest BCUT2D eigenvalue weighted by molar-refractivity contribution is 7.93. The number of hydrogen-bond acceptors (Lipinski definition) is 10. The van der Waals surface area contributed by atoms with Crippen molar-refractivity contribution < 1.29 is 27.0 Å². The number of ether oxygens (including phenoxy) is 1. The van der Waals surface area contributed by atoms with Gasteiger partial charge in [0.1, 0.15) is 28.7 Å². The third-order valence-electron chi connectivity index (χ3n) is 14.0. The molecule has 3 aromatic heterocycles. The number of fused-ring (bicyclic) bond motifs is 1. The van der Waals surface area contributed by atoms with E-state index in [4.69, 9.17) is 20.0 Å². The van der Waals surface area contributed by atoms with Crippen LogP contribution in [0.25, 0.3) is 16.6 Å². The molecule has 1 amide bonds. The zero-order valence-corrected chi connectivity index (χ0v) is 39.7. The number of aromatic nitrogens is 5. The summed E-state index contributed by atoms with van der Waals surface area (Å²) in [6, 6.07) is 14.5. The van der Waals surface area contributed by atoms with Crippen molar-refractivity contribution in [3.05, 3.63) is 139 Å². The normalized spacial score (nSPS) is 22.9. The van der Waals surface area contributed by atoms with Crippen LogP contribution in [0.5, 0.6) is 0 Å². The van der Waals surface area contributed by atoms with E-state index in [0.717, 1.165) is 39.9 Å². The van der Waals surface area contributed by atoms with Gasteiger partial charge in [-0.1, -0.05) is 25.1 Å². The molecule has 352 valence electrons. The average Bonchev–Trinajstić information content (AvgIpc) is 3.60. The van der Waals surface area contributed by atoms with Gasteiger partial charge in [0.25, 0.3) is 5.91 Å². The van der Waals surface area contributed by atoms with Crippen molar-refractivity contribution in [3.63, 3.8) is 0 Å². The number of carbonyl (C=O) groups is 1. The molecule has 9 rings (SSSR count). The van der Waals surface area contributed by atoms with E-state index in [2.05, 4.69) is 40.5 Å². The largest absolute Gasteiger partial charge is 0.438 e. The zero-order valence-electron chi connectivity index (χ0n) is 38.9. The summed E-state index contributed by atoms with van der Waals surface area (Å²) in [6.45, 7) is 13.8. The molecule has 3 aliphatic rings. The van der Waals surface area contributed by atoms with Gasteiger partial charge in [0.2, 0.25) is 0 Å². The summed E-state index contributed by atoms with van der Waals surface area (Å²) < 4.78 is 63.7. The Kier molecular flexibility index (Phi) is 11.4. The number of aromatic amines is 1. The number of halogens is 2. The first-order valence-corrected chi connectivity index (χ1v) is 24.2. The predicted molar refractivity (Wildman–Crippen MR) is 252 cm³/mol. The molecule has 67 heavy (non-hydrogen) atoms. The molecule has 0 radical (unpaired) electrons. The van der Waals surface area contributed by atoms with Crippen LogP contribution in [0.15, 0.2) is 107 Å². The van der Waals surface area contributed by atoms with E-state index in [9.17, 15) is 18.2 Å². The molecule has 3 aromatic carbocycles. The van der Waals surface area contributed by atoms with Crippen LogP contribution in [0, 0.1) is 31.4 Å². The molecule has 0 unspecified atom stereocenters. The summed E-state index contributed by atoms with van der Waals surface area (Å²) in [5, 5.41) is 4.99. The van der Waals surface area contributed by atoms with Gasteiger partial charge in [-0.2, -0.15) is 0 Å². The predicted octanol–water partition coefficient (Wildman–Crippen LogP) is 7.82. The van der Waals surface area contributed by atoms with Crippen molar-refractivity contribution in [1.82, 2.24) is 28.7 Å². The molecule has 1 saturated carbocycles. The maximum Gasteiger partial charge on any atom is 0.438 e. The maximum absolute atomic E-state index is 16.0. The van der Waals surface area contributed by atoms with E-state index in [-0.39, 0.29) is 58.5 Å². The van der Waals surface area contributed by atoms with Crippen LogP contribution in [-0.4, -0.2) is 82.3 Å². The number of nitrogens with zero attached hydrogens (tertiary/aromatic N) is 7. The molecular weight excluding hydrogens is 881 g/mol. The second-order valence-corrected chi connectivity index (χ2v) is 21.4. The van der Waals surface area contributed by atoms with Crippen molar-refractivity contribution in [2.24, 2.45) is 21.0 Å². The molecular formula is C49H55F2N9O6S. The monoisotopic (exact) mass is 935 g/mol. The number of rotatable bonds is 9. The highest BCUT2D eigenvalue weighted by atomic mass is 32.2. The Morgan fingerprint density at radius 1 is 1.03 bits per heavy atom. The number of nitrogens with two attached hydrogens (primary N) is 1. The first-order valence-electron chi connectivity index (χ1n) is 22.6. The summed E-state index contributed by atoms with van der Waals surface area (Å²) in [4.78, 5) is 52.2. The Labute approximate surface area is 386 Å². The zero-order chi connectivity index (χ0) is 47.9. The number of benzene rings is 3. The topological polar surface area (TPSA) is 188 Å². The standard InChI is InChI=1S/C49H55F2N9O6S/c1-9-67(64,53-8)35-11-13-39(36(50)24-35)58-17-18-59(47(58)63)43(54-34-20-27(2)42(51)28(3)21-34)41-30(5)57(16-14-37(41)52)44(61)40-23-33-22-31(32-15-19-65-48(6,7)26-32)10-12-38(33)60(40)49(25-29(49)4)45-55-46(62)66-56-45/h10-13,17-18,20-24,29-30,32H,9,14-16,19,25-26,52H2,1-8H3,(H,55,56,62)/t29-,30-,32-,49-,67+/m0/s1. The molecule has 15 nitrogen and oxygen atoms in total. The van der Waals surface area contributed by atoms with E-state index in [1.165, 1.54) is 36.1 Å². The van der Waals surface area contributed by atoms with Crippen molar-refractivity contribution in [3.8, 4) is 5.69 Å². The maximum atomic E-state index is 16.0. The highest BCUT2D eigenvalue weighted by Crippen LogP contribution is 2.56. The SMILES string of the molecule is CC[S@](=O)(=NC)c1ccc(-n2ccn(C(=Nc3cc(C)c(F)c(C)c3)C3=C(N)CCN(C(=O)c4cc5cc([C@H]6CCOC(C)(C)C6)ccc5n4[C@@]4(c5noc(=O)[nH]5)C[C@@H]4C)[C@H]3C)c2=O)c(F)c1. The molecule has 2 fully saturated rings. The Hall–Kier alpha value is -6.40. The molecule has 6 aromatic rings. The Morgan fingerprint density at radius 3 is 2.39 bits per heavy atom. The molecule has 1 aliphatic carbocycles. The van der Waals surface area contributed by atoms with E-state index in [1.807, 2.05) is 30.5 Å².